The maximum absolute atomic E-state index is 12.7. The van der Waals surface area contributed by atoms with Crippen molar-refractivity contribution in [1.29, 1.82) is 0 Å². The summed E-state index contributed by atoms with van der Waals surface area (Å²) in [6.45, 7) is 9.30. The quantitative estimate of drug-likeness (QED) is 0.282. The number of sulfonamides is 1. The number of anilines is 3. The predicted molar refractivity (Wildman–Crippen MR) is 163 cm³/mol. The van der Waals surface area contributed by atoms with Gasteiger partial charge in [0, 0.05) is 54.5 Å². The minimum atomic E-state index is -3.52. The summed E-state index contributed by atoms with van der Waals surface area (Å²) < 4.78 is 28.1. The first kappa shape index (κ1) is 27.8. The Kier molecular flexibility index (Phi) is 7.60. The van der Waals surface area contributed by atoms with Gasteiger partial charge in [-0.25, -0.2) is 18.4 Å². The Morgan fingerprint density at radius 1 is 1.10 bits per heavy atom. The molecule has 6 rings (SSSR count). The summed E-state index contributed by atoms with van der Waals surface area (Å²) in [4.78, 5) is 12.0. The number of nitrogens with one attached hydrogen (secondary N) is 3. The lowest BCUT2D eigenvalue weighted by Gasteiger charge is -2.41. The summed E-state index contributed by atoms with van der Waals surface area (Å²) in [5.41, 5.74) is 6.99. The number of thiophene rings is 1. The Balaban J connectivity index is 0.00000308. The molecular formula is C28H33ClN6O2S2. The van der Waals surface area contributed by atoms with Gasteiger partial charge in [-0.2, -0.15) is 0 Å². The van der Waals surface area contributed by atoms with Gasteiger partial charge in [-0.15, -0.1) is 23.7 Å². The molecule has 2 aliphatic heterocycles. The number of hydrogen-bond acceptors (Lipinski definition) is 8. The molecule has 0 amide bonds. The van der Waals surface area contributed by atoms with E-state index in [1.807, 2.05) is 29.8 Å². The zero-order chi connectivity index (χ0) is 26.5. The van der Waals surface area contributed by atoms with Gasteiger partial charge in [-0.1, -0.05) is 18.2 Å². The minimum absolute atomic E-state index is 0. The number of halogens is 1. The number of nitrogens with zero attached hydrogens (tertiary/aromatic N) is 3. The van der Waals surface area contributed by atoms with E-state index < -0.39 is 14.8 Å². The van der Waals surface area contributed by atoms with Crippen molar-refractivity contribution in [2.24, 2.45) is 0 Å². The molecule has 1 atom stereocenters. The highest BCUT2D eigenvalue weighted by atomic mass is 35.5. The molecule has 11 heteroatoms. The lowest BCUT2D eigenvalue weighted by atomic mass is 9.91. The van der Waals surface area contributed by atoms with E-state index in [9.17, 15) is 8.42 Å². The molecule has 0 radical (unpaired) electrons. The van der Waals surface area contributed by atoms with Crippen LogP contribution in [0.3, 0.4) is 0 Å². The third-order valence-electron chi connectivity index (χ3n) is 7.33. The second kappa shape index (κ2) is 10.7. The average Bonchev–Trinajstić information content (AvgIpc) is 3.31. The van der Waals surface area contributed by atoms with Crippen molar-refractivity contribution in [1.82, 2.24) is 20.2 Å². The zero-order valence-electron chi connectivity index (χ0n) is 22.2. The van der Waals surface area contributed by atoms with E-state index in [0.29, 0.717) is 17.7 Å². The number of rotatable bonds is 5. The van der Waals surface area contributed by atoms with E-state index in [2.05, 4.69) is 43.4 Å². The maximum atomic E-state index is 12.7. The van der Waals surface area contributed by atoms with E-state index in [-0.39, 0.29) is 12.4 Å². The number of piperazine rings is 1. The zero-order valence-corrected chi connectivity index (χ0v) is 24.6. The first-order valence-corrected chi connectivity index (χ1v) is 15.3. The first-order chi connectivity index (χ1) is 18.2. The summed E-state index contributed by atoms with van der Waals surface area (Å²) in [6.07, 6.45) is 2.89. The van der Waals surface area contributed by atoms with Crippen LogP contribution in [0.25, 0.3) is 21.3 Å². The van der Waals surface area contributed by atoms with Crippen molar-refractivity contribution in [3.8, 4) is 11.1 Å². The molecule has 0 saturated carbocycles. The van der Waals surface area contributed by atoms with Crippen LogP contribution in [-0.2, 0) is 16.4 Å². The van der Waals surface area contributed by atoms with Gasteiger partial charge in [-0.3, -0.25) is 9.62 Å². The lowest BCUT2D eigenvalue weighted by molar-refractivity contribution is 0.152. The van der Waals surface area contributed by atoms with Gasteiger partial charge < -0.3 is 10.6 Å². The topological polar surface area (TPSA) is 99.2 Å². The molecule has 4 heterocycles. The summed E-state index contributed by atoms with van der Waals surface area (Å²) in [6, 6.07) is 14.5. The van der Waals surface area contributed by atoms with E-state index >= 15 is 0 Å². The van der Waals surface area contributed by atoms with Crippen molar-refractivity contribution in [3.05, 3.63) is 65.2 Å². The first-order valence-electron chi connectivity index (χ1n) is 12.9. The number of hydrogen-bond donors (Lipinski definition) is 3. The van der Waals surface area contributed by atoms with Gasteiger partial charge in [-0.05, 0) is 68.1 Å². The fourth-order valence-electron chi connectivity index (χ4n) is 5.09. The van der Waals surface area contributed by atoms with Crippen molar-refractivity contribution < 1.29 is 8.42 Å². The highest BCUT2D eigenvalue weighted by Crippen LogP contribution is 2.36. The minimum Gasteiger partial charge on any atom is -0.324 e. The Morgan fingerprint density at radius 3 is 2.77 bits per heavy atom. The van der Waals surface area contributed by atoms with Crippen LogP contribution in [-0.4, -0.2) is 54.2 Å². The van der Waals surface area contributed by atoms with E-state index in [0.717, 1.165) is 59.6 Å². The van der Waals surface area contributed by atoms with Gasteiger partial charge >= 0.3 is 0 Å². The average molecular weight is 585 g/mol. The summed E-state index contributed by atoms with van der Waals surface area (Å²) in [5, 5.41) is 8.98. The van der Waals surface area contributed by atoms with Crippen LogP contribution >= 0.6 is 23.7 Å². The fourth-order valence-corrected chi connectivity index (χ4v) is 6.71. The molecule has 0 bridgehead atoms. The molecule has 2 aromatic heterocycles. The molecule has 1 saturated heterocycles. The molecule has 39 heavy (non-hydrogen) atoms. The van der Waals surface area contributed by atoms with Crippen LogP contribution in [0, 0.1) is 0 Å². The Hall–Kier alpha value is -2.76. The van der Waals surface area contributed by atoms with Crippen molar-refractivity contribution in [3.63, 3.8) is 0 Å². The molecular weight excluding hydrogens is 552 g/mol. The van der Waals surface area contributed by atoms with Crippen LogP contribution in [0.5, 0.6) is 0 Å². The maximum Gasteiger partial charge on any atom is 0.237 e. The number of aromatic nitrogens is 2. The molecule has 2 aliphatic rings. The lowest BCUT2D eigenvalue weighted by Crippen LogP contribution is -2.48. The van der Waals surface area contributed by atoms with E-state index in [4.69, 9.17) is 4.98 Å². The molecule has 3 N–H and O–H groups in total. The second-order valence-electron chi connectivity index (χ2n) is 10.9. The van der Waals surface area contributed by atoms with E-state index in [1.165, 1.54) is 11.1 Å². The second-order valence-corrected chi connectivity index (χ2v) is 14.2. The van der Waals surface area contributed by atoms with Crippen LogP contribution in [0.1, 0.15) is 37.9 Å². The Labute approximate surface area is 239 Å². The van der Waals surface area contributed by atoms with Gasteiger partial charge in [0.25, 0.3) is 0 Å². The molecule has 4 aromatic rings. The largest absolute Gasteiger partial charge is 0.324 e. The number of fused-ring (bicyclic) bond motifs is 4. The highest BCUT2D eigenvalue weighted by Gasteiger charge is 2.30. The molecule has 1 unspecified atom stereocenters. The van der Waals surface area contributed by atoms with E-state index in [1.54, 1.807) is 38.2 Å². The SMILES string of the molecule is CC(C)(C)S(=O)(=O)Nc1cccc(-c2csc3cnc(Nc4ccc5c(c4)CCN4CCNCC54)nc23)c1.Cl. The van der Waals surface area contributed by atoms with Crippen molar-refractivity contribution in [2.75, 3.05) is 36.2 Å². The van der Waals surface area contributed by atoms with Crippen LogP contribution < -0.4 is 15.4 Å². The Morgan fingerprint density at radius 2 is 1.95 bits per heavy atom. The van der Waals surface area contributed by atoms with Gasteiger partial charge in [0.2, 0.25) is 16.0 Å². The molecule has 1 fully saturated rings. The van der Waals surface area contributed by atoms with Crippen LogP contribution in [0.15, 0.2) is 54.0 Å². The van der Waals surface area contributed by atoms with Gasteiger partial charge in [0.1, 0.15) is 0 Å². The standard InChI is InChI=1S/C28H32N6O2S2.ClH/c1-28(2,3)38(35,36)33-21-6-4-5-18(14-21)23-17-37-25-16-30-27(32-26(23)25)31-20-7-8-22-19(13-20)9-11-34-12-10-29-15-24(22)34;/h4-8,13-14,16-17,24,29,33H,9-12,15H2,1-3H3,(H,30,31,32);1H. The summed E-state index contributed by atoms with van der Waals surface area (Å²) >= 11 is 1.57. The van der Waals surface area contributed by atoms with Crippen molar-refractivity contribution in [2.45, 2.75) is 38.0 Å². The van der Waals surface area contributed by atoms with Gasteiger partial charge in [0.05, 0.1) is 21.2 Å². The van der Waals surface area contributed by atoms with Crippen LogP contribution in [0.2, 0.25) is 0 Å². The van der Waals surface area contributed by atoms with Crippen molar-refractivity contribution >= 4 is 61.3 Å². The Bertz CT molecular complexity index is 1620. The third kappa shape index (κ3) is 5.49. The molecule has 2 aromatic carbocycles. The summed E-state index contributed by atoms with van der Waals surface area (Å²) in [5.74, 6) is 0.540. The molecule has 0 spiro atoms. The smallest absolute Gasteiger partial charge is 0.237 e. The monoisotopic (exact) mass is 584 g/mol. The summed E-state index contributed by atoms with van der Waals surface area (Å²) in [7, 11) is -3.52. The number of benzene rings is 2. The fraction of sp³-hybridized carbons (Fsp3) is 0.357. The normalized spacial score (nSPS) is 17.7. The van der Waals surface area contributed by atoms with Gasteiger partial charge in [0.15, 0.2) is 0 Å². The highest BCUT2D eigenvalue weighted by molar-refractivity contribution is 7.94. The molecule has 8 nitrogen and oxygen atoms in total. The predicted octanol–water partition coefficient (Wildman–Crippen LogP) is 5.57. The van der Waals surface area contributed by atoms with Crippen LogP contribution in [0.4, 0.5) is 17.3 Å². The molecule has 206 valence electrons. The third-order valence-corrected chi connectivity index (χ3v) is 10.3. The molecule has 0 aliphatic carbocycles.